The maximum Gasteiger partial charge on any atom is 0.247 e. The lowest BCUT2D eigenvalue weighted by molar-refractivity contribution is -0.141. The van der Waals surface area contributed by atoms with E-state index in [1.54, 1.807) is 12.1 Å². The molecule has 3 aliphatic rings. The Kier molecular flexibility index (Phi) is 6.54. The maximum absolute atomic E-state index is 13.5. The summed E-state index contributed by atoms with van der Waals surface area (Å²) in [6, 6.07) is 9.35. The summed E-state index contributed by atoms with van der Waals surface area (Å²) in [6.45, 7) is 7.13. The first kappa shape index (κ1) is 21.7. The molecule has 0 bridgehead atoms. The zero-order chi connectivity index (χ0) is 22.0. The van der Waals surface area contributed by atoms with Crippen molar-refractivity contribution in [2.75, 3.05) is 64.4 Å². The van der Waals surface area contributed by atoms with E-state index in [9.17, 15) is 14.4 Å². The van der Waals surface area contributed by atoms with Crippen LogP contribution >= 0.6 is 0 Å². The van der Waals surface area contributed by atoms with Crippen LogP contribution in [0, 0.1) is 11.8 Å². The van der Waals surface area contributed by atoms with Gasteiger partial charge in [0.15, 0.2) is 0 Å². The zero-order valence-electron chi connectivity index (χ0n) is 18.3. The summed E-state index contributed by atoms with van der Waals surface area (Å²) in [5.74, 6) is -0.395. The number of fused-ring (bicyclic) bond motifs is 1. The lowest BCUT2D eigenvalue weighted by Crippen LogP contribution is -2.60. The fraction of sp³-hybridized carbons (Fsp3) is 0.591. The number of para-hydroxylation sites is 1. The Morgan fingerprint density at radius 3 is 2.42 bits per heavy atom. The first-order valence-electron chi connectivity index (χ1n) is 11.1. The fourth-order valence-corrected chi connectivity index (χ4v) is 4.84. The summed E-state index contributed by atoms with van der Waals surface area (Å²) in [5.41, 5.74) is 4.17. The molecule has 3 unspecified atom stereocenters. The molecule has 2 N–H and O–H groups in total. The van der Waals surface area contributed by atoms with E-state index in [2.05, 4.69) is 27.5 Å². The fourth-order valence-electron chi connectivity index (χ4n) is 4.84. The molecule has 0 spiro atoms. The average Bonchev–Trinajstić information content (AvgIpc) is 3.15. The molecular formula is C22H32N6O3. The number of amides is 3. The molecule has 0 aliphatic carbocycles. The number of nitrogens with one attached hydrogen (secondary N) is 2. The Balaban J connectivity index is 1.46. The van der Waals surface area contributed by atoms with E-state index in [4.69, 9.17) is 0 Å². The van der Waals surface area contributed by atoms with Gasteiger partial charge in [-0.25, -0.2) is 10.4 Å². The van der Waals surface area contributed by atoms with Crippen molar-refractivity contribution >= 4 is 23.4 Å². The topological polar surface area (TPSA) is 88.2 Å². The second kappa shape index (κ2) is 9.33. The van der Waals surface area contributed by atoms with Crippen molar-refractivity contribution < 1.29 is 14.4 Å². The molecule has 31 heavy (non-hydrogen) atoms. The summed E-state index contributed by atoms with van der Waals surface area (Å²) >= 11 is 0. The molecule has 1 aromatic carbocycles. The molecule has 3 saturated heterocycles. The highest BCUT2D eigenvalue weighted by Gasteiger charge is 2.51. The summed E-state index contributed by atoms with van der Waals surface area (Å²) < 4.78 is 0. The minimum absolute atomic E-state index is 0.0110. The number of anilines is 1. The molecule has 1 aromatic rings. The third kappa shape index (κ3) is 4.44. The number of hydrazine groups is 1. The molecule has 9 nitrogen and oxygen atoms in total. The van der Waals surface area contributed by atoms with E-state index in [1.165, 1.54) is 0 Å². The smallest absolute Gasteiger partial charge is 0.247 e. The molecule has 0 aromatic heterocycles. The van der Waals surface area contributed by atoms with Gasteiger partial charge < -0.3 is 15.1 Å². The molecular weight excluding hydrogens is 396 g/mol. The van der Waals surface area contributed by atoms with E-state index in [0.29, 0.717) is 45.8 Å². The minimum atomic E-state index is -0.276. The van der Waals surface area contributed by atoms with E-state index < -0.39 is 0 Å². The van der Waals surface area contributed by atoms with Crippen LogP contribution in [-0.4, -0.2) is 97.9 Å². The van der Waals surface area contributed by atoms with Crippen molar-refractivity contribution in [3.63, 3.8) is 0 Å². The molecule has 9 heteroatoms. The number of hydrogen-bond donors (Lipinski definition) is 2. The molecule has 3 atom stereocenters. The number of carbonyl (C=O) groups excluding carboxylic acids is 3. The number of nitrogens with zero attached hydrogens (tertiary/aromatic N) is 4. The number of likely N-dealkylation sites (N-methyl/N-ethyl adjacent to an activating group) is 1. The number of benzene rings is 1. The van der Waals surface area contributed by atoms with Crippen molar-refractivity contribution in [3.8, 4) is 0 Å². The number of piperazine rings is 1. The Hall–Kier alpha value is -2.49. The van der Waals surface area contributed by atoms with Crippen LogP contribution in [0.25, 0.3) is 0 Å². The van der Waals surface area contributed by atoms with E-state index in [1.807, 2.05) is 35.2 Å². The van der Waals surface area contributed by atoms with Crippen LogP contribution < -0.4 is 15.8 Å². The van der Waals surface area contributed by atoms with Gasteiger partial charge in [0.25, 0.3) is 0 Å². The van der Waals surface area contributed by atoms with Crippen LogP contribution in [0.4, 0.5) is 5.69 Å². The highest BCUT2D eigenvalue weighted by Crippen LogP contribution is 2.32. The van der Waals surface area contributed by atoms with Crippen LogP contribution in [0.3, 0.4) is 0 Å². The summed E-state index contributed by atoms with van der Waals surface area (Å²) in [5, 5.41) is 4.27. The Morgan fingerprint density at radius 2 is 1.77 bits per heavy atom. The molecule has 3 aliphatic heterocycles. The number of hydrogen-bond acceptors (Lipinski definition) is 6. The standard InChI is InChI=1S/C22H32N6O3/c1-3-25-13-17(21(30)27-11-9-26(10-12-27)15-19(29)23-2)20-18(14-25)22(31)28(24-20)16-7-5-4-6-8-16/h4-8,17-18,20,24H,3,9-15H2,1-2H3,(H,23,29). The van der Waals surface area contributed by atoms with Gasteiger partial charge in [0.1, 0.15) is 0 Å². The monoisotopic (exact) mass is 428 g/mol. The molecule has 4 rings (SSSR count). The summed E-state index contributed by atoms with van der Waals surface area (Å²) in [6.07, 6.45) is 0. The van der Waals surface area contributed by atoms with Gasteiger partial charge >= 0.3 is 0 Å². The average molecular weight is 429 g/mol. The van der Waals surface area contributed by atoms with Gasteiger partial charge in [0, 0.05) is 46.3 Å². The normalized spacial score (nSPS) is 27.3. The first-order valence-corrected chi connectivity index (χ1v) is 11.1. The summed E-state index contributed by atoms with van der Waals surface area (Å²) in [7, 11) is 1.63. The lowest BCUT2D eigenvalue weighted by atomic mass is 9.83. The highest BCUT2D eigenvalue weighted by atomic mass is 16.2. The van der Waals surface area contributed by atoms with E-state index in [-0.39, 0.29) is 35.6 Å². The zero-order valence-corrected chi connectivity index (χ0v) is 18.3. The molecule has 168 valence electrons. The van der Waals surface area contributed by atoms with Gasteiger partial charge in [-0.15, -0.1) is 0 Å². The van der Waals surface area contributed by atoms with Crippen molar-refractivity contribution in [2.24, 2.45) is 11.8 Å². The van der Waals surface area contributed by atoms with Crippen LogP contribution in [0.15, 0.2) is 30.3 Å². The van der Waals surface area contributed by atoms with Crippen LogP contribution in [0.2, 0.25) is 0 Å². The van der Waals surface area contributed by atoms with Crippen LogP contribution in [0.1, 0.15) is 6.92 Å². The molecule has 3 fully saturated rings. The van der Waals surface area contributed by atoms with Gasteiger partial charge in [-0.05, 0) is 18.7 Å². The van der Waals surface area contributed by atoms with Gasteiger partial charge in [-0.1, -0.05) is 25.1 Å². The van der Waals surface area contributed by atoms with Crippen molar-refractivity contribution in [1.29, 1.82) is 0 Å². The molecule has 3 amide bonds. The maximum atomic E-state index is 13.5. The SMILES string of the molecule is CCN1CC(C(=O)N2CCN(CC(=O)NC)CC2)C2NN(c3ccccc3)C(=O)C2C1. The van der Waals surface area contributed by atoms with Crippen molar-refractivity contribution in [3.05, 3.63) is 30.3 Å². The van der Waals surface area contributed by atoms with Gasteiger partial charge in [0.2, 0.25) is 17.7 Å². The van der Waals surface area contributed by atoms with Crippen molar-refractivity contribution in [2.45, 2.75) is 13.0 Å². The number of rotatable bonds is 5. The van der Waals surface area contributed by atoms with Crippen LogP contribution in [-0.2, 0) is 14.4 Å². The third-order valence-corrected chi connectivity index (χ3v) is 6.70. The van der Waals surface area contributed by atoms with E-state index >= 15 is 0 Å². The Labute approximate surface area is 183 Å². The van der Waals surface area contributed by atoms with Crippen LogP contribution in [0.5, 0.6) is 0 Å². The second-order valence-corrected chi connectivity index (χ2v) is 8.50. The second-order valence-electron chi connectivity index (χ2n) is 8.50. The minimum Gasteiger partial charge on any atom is -0.358 e. The van der Waals surface area contributed by atoms with Crippen molar-refractivity contribution in [1.82, 2.24) is 25.4 Å². The molecule has 0 saturated carbocycles. The predicted octanol–water partition coefficient (Wildman–Crippen LogP) is -0.635. The Bertz CT molecular complexity index is 811. The first-order chi connectivity index (χ1) is 15.0. The van der Waals surface area contributed by atoms with Gasteiger partial charge in [-0.2, -0.15) is 0 Å². The quantitative estimate of drug-likeness (QED) is 0.649. The predicted molar refractivity (Wildman–Crippen MR) is 117 cm³/mol. The van der Waals surface area contributed by atoms with Gasteiger partial charge in [-0.3, -0.25) is 19.3 Å². The largest absolute Gasteiger partial charge is 0.358 e. The molecule has 3 heterocycles. The highest BCUT2D eigenvalue weighted by molar-refractivity contribution is 5.98. The summed E-state index contributed by atoms with van der Waals surface area (Å²) in [4.78, 5) is 44.5. The molecule has 0 radical (unpaired) electrons. The number of likely N-dealkylation sites (tertiary alicyclic amines) is 1. The lowest BCUT2D eigenvalue weighted by Gasteiger charge is -2.42. The van der Waals surface area contributed by atoms with Gasteiger partial charge in [0.05, 0.1) is 30.1 Å². The number of carbonyl (C=O) groups is 3. The van der Waals surface area contributed by atoms with E-state index in [0.717, 1.165) is 12.2 Å². The number of piperidine rings is 1. The Morgan fingerprint density at radius 1 is 1.06 bits per heavy atom. The third-order valence-electron chi connectivity index (χ3n) is 6.70.